The maximum atomic E-state index is 10.6. The van der Waals surface area contributed by atoms with Gasteiger partial charge in [-0.15, -0.1) is 0 Å². The van der Waals surface area contributed by atoms with Crippen LogP contribution in [0.4, 0.5) is 5.69 Å². The van der Waals surface area contributed by atoms with Crippen LogP contribution in [-0.2, 0) is 4.79 Å². The van der Waals surface area contributed by atoms with Gasteiger partial charge in [-0.2, -0.15) is 0 Å². The van der Waals surface area contributed by atoms with Crippen molar-refractivity contribution in [3.8, 4) is 0 Å². The van der Waals surface area contributed by atoms with E-state index in [4.69, 9.17) is 5.11 Å². The van der Waals surface area contributed by atoms with Gasteiger partial charge >= 0.3 is 5.97 Å². The van der Waals surface area contributed by atoms with Crippen LogP contribution >= 0.6 is 15.9 Å². The molecule has 2 N–H and O–H groups in total. The lowest BCUT2D eigenvalue weighted by atomic mass is 10.1. The molecule has 88 valence electrons. The minimum absolute atomic E-state index is 0.0878. The number of nitrogens with one attached hydrogen (secondary N) is 1. The highest BCUT2D eigenvalue weighted by Crippen LogP contribution is 2.28. The molecular formula is C12H16BrNO2. The monoisotopic (exact) mass is 285 g/mol. The van der Waals surface area contributed by atoms with Crippen LogP contribution in [0.2, 0.25) is 0 Å². The van der Waals surface area contributed by atoms with Gasteiger partial charge in [-0.05, 0) is 53.9 Å². The quantitative estimate of drug-likeness (QED) is 0.892. The molecule has 1 aromatic carbocycles. The van der Waals surface area contributed by atoms with Gasteiger partial charge < -0.3 is 10.4 Å². The van der Waals surface area contributed by atoms with Gasteiger partial charge in [0.05, 0.1) is 12.1 Å². The fourth-order valence-electron chi connectivity index (χ4n) is 1.66. The molecule has 16 heavy (non-hydrogen) atoms. The molecule has 0 aromatic heterocycles. The summed E-state index contributed by atoms with van der Waals surface area (Å²) < 4.78 is 0.974. The third-order valence-corrected chi connectivity index (χ3v) is 2.93. The van der Waals surface area contributed by atoms with Gasteiger partial charge in [0.25, 0.3) is 0 Å². The van der Waals surface area contributed by atoms with Gasteiger partial charge in [-0.25, -0.2) is 0 Å². The van der Waals surface area contributed by atoms with Crippen molar-refractivity contribution in [1.29, 1.82) is 0 Å². The maximum Gasteiger partial charge on any atom is 0.305 e. The number of carboxylic acid groups (broad SMARTS) is 1. The van der Waals surface area contributed by atoms with Gasteiger partial charge in [-0.3, -0.25) is 4.79 Å². The number of aliphatic carboxylic acids is 1. The highest BCUT2D eigenvalue weighted by molar-refractivity contribution is 9.10. The van der Waals surface area contributed by atoms with Gasteiger partial charge in [0.2, 0.25) is 0 Å². The normalized spacial score (nSPS) is 12.2. The van der Waals surface area contributed by atoms with Crippen LogP contribution in [0.15, 0.2) is 16.6 Å². The highest BCUT2D eigenvalue weighted by atomic mass is 79.9. The molecule has 1 atom stereocenters. The first-order chi connectivity index (χ1) is 7.40. The number of benzene rings is 1. The van der Waals surface area contributed by atoms with E-state index >= 15 is 0 Å². The van der Waals surface area contributed by atoms with Crippen molar-refractivity contribution in [3.05, 3.63) is 27.7 Å². The molecule has 0 spiro atoms. The van der Waals surface area contributed by atoms with Crippen molar-refractivity contribution >= 4 is 27.6 Å². The Morgan fingerprint density at radius 1 is 1.50 bits per heavy atom. The van der Waals surface area contributed by atoms with Crippen LogP contribution in [-0.4, -0.2) is 17.1 Å². The minimum Gasteiger partial charge on any atom is -0.481 e. The fraction of sp³-hybridized carbons (Fsp3) is 0.417. The van der Waals surface area contributed by atoms with E-state index in [1.54, 1.807) is 0 Å². The predicted octanol–water partition coefficient (Wildman–Crippen LogP) is 3.34. The molecule has 0 radical (unpaired) electrons. The van der Waals surface area contributed by atoms with E-state index in [2.05, 4.69) is 27.3 Å². The summed E-state index contributed by atoms with van der Waals surface area (Å²) in [5.74, 6) is -0.791. The average Bonchev–Trinajstić information content (AvgIpc) is 2.09. The Hall–Kier alpha value is -1.03. The molecule has 0 fully saturated rings. The maximum absolute atomic E-state index is 10.6. The zero-order valence-electron chi connectivity index (χ0n) is 9.67. The highest BCUT2D eigenvalue weighted by Gasteiger charge is 2.11. The lowest BCUT2D eigenvalue weighted by Gasteiger charge is -2.17. The Morgan fingerprint density at radius 2 is 2.12 bits per heavy atom. The molecule has 4 heteroatoms. The number of halogens is 1. The van der Waals surface area contributed by atoms with Crippen LogP contribution in [0.1, 0.15) is 24.5 Å². The molecule has 0 aliphatic carbocycles. The Kier molecular flexibility index (Phi) is 4.35. The van der Waals surface area contributed by atoms with E-state index in [0.717, 1.165) is 15.7 Å². The third kappa shape index (κ3) is 3.52. The first-order valence-electron chi connectivity index (χ1n) is 5.15. The number of carboxylic acids is 1. The van der Waals surface area contributed by atoms with Crippen LogP contribution < -0.4 is 5.32 Å². The Bertz CT molecular complexity index is 381. The number of carbonyl (C=O) groups is 1. The first kappa shape index (κ1) is 13.0. The summed E-state index contributed by atoms with van der Waals surface area (Å²) in [7, 11) is 0. The summed E-state index contributed by atoms with van der Waals surface area (Å²) in [6.07, 6.45) is 0.111. The Balaban J connectivity index is 2.85. The molecule has 0 amide bonds. The number of hydrogen-bond acceptors (Lipinski definition) is 2. The Labute approximate surface area is 104 Å². The summed E-state index contributed by atoms with van der Waals surface area (Å²) in [4.78, 5) is 10.6. The first-order valence-corrected chi connectivity index (χ1v) is 5.94. The van der Waals surface area contributed by atoms with E-state index < -0.39 is 5.97 Å². The molecule has 0 saturated heterocycles. The summed E-state index contributed by atoms with van der Waals surface area (Å²) in [6, 6.07) is 4.00. The van der Waals surface area contributed by atoms with Crippen LogP contribution in [0.25, 0.3) is 0 Å². The second-order valence-corrected chi connectivity index (χ2v) is 4.94. The van der Waals surface area contributed by atoms with Crippen molar-refractivity contribution in [1.82, 2.24) is 0 Å². The summed E-state index contributed by atoms with van der Waals surface area (Å²) in [5.41, 5.74) is 3.27. The number of hydrogen-bond donors (Lipinski definition) is 2. The fourth-order valence-corrected chi connectivity index (χ4v) is 2.45. The molecule has 0 aliphatic heterocycles. The van der Waals surface area contributed by atoms with E-state index in [-0.39, 0.29) is 12.5 Å². The van der Waals surface area contributed by atoms with Gasteiger partial charge in [-0.1, -0.05) is 6.07 Å². The second-order valence-electron chi connectivity index (χ2n) is 4.08. The standard InChI is InChI=1S/C12H16BrNO2/c1-7-4-8(2)12(10(13)5-7)14-9(3)6-11(15)16/h4-5,9,14H,6H2,1-3H3,(H,15,16). The van der Waals surface area contributed by atoms with E-state index in [1.165, 1.54) is 5.56 Å². The molecular weight excluding hydrogens is 270 g/mol. The smallest absolute Gasteiger partial charge is 0.305 e. The largest absolute Gasteiger partial charge is 0.481 e. The molecule has 0 heterocycles. The van der Waals surface area contributed by atoms with Crippen molar-refractivity contribution in [2.45, 2.75) is 33.2 Å². The summed E-state index contributed by atoms with van der Waals surface area (Å²) >= 11 is 3.48. The second kappa shape index (κ2) is 5.34. The molecule has 1 aromatic rings. The third-order valence-electron chi connectivity index (χ3n) is 2.30. The van der Waals surface area contributed by atoms with Crippen molar-refractivity contribution in [2.24, 2.45) is 0 Å². The average molecular weight is 286 g/mol. The van der Waals surface area contributed by atoms with Gasteiger partial charge in [0.1, 0.15) is 0 Å². The summed E-state index contributed by atoms with van der Waals surface area (Å²) in [5, 5.41) is 11.9. The van der Waals surface area contributed by atoms with Gasteiger partial charge in [0, 0.05) is 10.5 Å². The Morgan fingerprint density at radius 3 is 2.62 bits per heavy atom. The lowest BCUT2D eigenvalue weighted by Crippen LogP contribution is -2.20. The SMILES string of the molecule is Cc1cc(C)c(NC(C)CC(=O)O)c(Br)c1. The lowest BCUT2D eigenvalue weighted by molar-refractivity contribution is -0.137. The number of aryl methyl sites for hydroxylation is 2. The predicted molar refractivity (Wildman–Crippen MR) is 69.0 cm³/mol. The van der Waals surface area contributed by atoms with Crippen LogP contribution in [0, 0.1) is 13.8 Å². The van der Waals surface area contributed by atoms with Gasteiger partial charge in [0.15, 0.2) is 0 Å². The van der Waals surface area contributed by atoms with E-state index in [1.807, 2.05) is 26.8 Å². The molecule has 1 unspecified atom stereocenters. The topological polar surface area (TPSA) is 49.3 Å². The van der Waals surface area contributed by atoms with Crippen molar-refractivity contribution in [3.63, 3.8) is 0 Å². The zero-order chi connectivity index (χ0) is 12.3. The van der Waals surface area contributed by atoms with Crippen LogP contribution in [0.3, 0.4) is 0 Å². The molecule has 1 rings (SSSR count). The van der Waals surface area contributed by atoms with Crippen molar-refractivity contribution in [2.75, 3.05) is 5.32 Å². The minimum atomic E-state index is -0.791. The van der Waals surface area contributed by atoms with E-state index in [0.29, 0.717) is 0 Å². The van der Waals surface area contributed by atoms with E-state index in [9.17, 15) is 4.79 Å². The zero-order valence-corrected chi connectivity index (χ0v) is 11.3. The van der Waals surface area contributed by atoms with Crippen molar-refractivity contribution < 1.29 is 9.90 Å². The summed E-state index contributed by atoms with van der Waals surface area (Å²) in [6.45, 7) is 5.90. The molecule has 0 bridgehead atoms. The number of anilines is 1. The number of rotatable bonds is 4. The molecule has 0 aliphatic rings. The molecule has 3 nitrogen and oxygen atoms in total. The molecule has 0 saturated carbocycles. The van der Waals surface area contributed by atoms with Crippen LogP contribution in [0.5, 0.6) is 0 Å².